The van der Waals surface area contributed by atoms with Gasteiger partial charge in [-0.25, -0.2) is 4.98 Å². The molecule has 0 amide bonds. The summed E-state index contributed by atoms with van der Waals surface area (Å²) in [6.45, 7) is 2.13. The molecule has 0 fully saturated rings. The van der Waals surface area contributed by atoms with Crippen molar-refractivity contribution < 1.29 is 0 Å². The van der Waals surface area contributed by atoms with Crippen LogP contribution in [-0.4, -0.2) is 4.98 Å². The number of anilines is 1. The van der Waals surface area contributed by atoms with Gasteiger partial charge in [0.1, 0.15) is 0 Å². The fourth-order valence-corrected chi connectivity index (χ4v) is 3.82. The molecule has 4 heteroatoms. The van der Waals surface area contributed by atoms with E-state index in [0.29, 0.717) is 5.13 Å². The summed E-state index contributed by atoms with van der Waals surface area (Å²) in [5, 5.41) is 0.661. The van der Waals surface area contributed by atoms with Gasteiger partial charge < -0.3 is 11.5 Å². The topological polar surface area (TPSA) is 64.9 Å². The van der Waals surface area contributed by atoms with Crippen molar-refractivity contribution in [3.8, 4) is 0 Å². The molecule has 1 aliphatic rings. The van der Waals surface area contributed by atoms with Gasteiger partial charge in [-0.2, -0.15) is 0 Å². The quantitative estimate of drug-likeness (QED) is 0.826. The summed E-state index contributed by atoms with van der Waals surface area (Å²) >= 11 is 1.58. The average Bonchev–Trinajstić information content (AvgIpc) is 2.68. The molecule has 3 rings (SSSR count). The van der Waals surface area contributed by atoms with E-state index in [2.05, 4.69) is 36.2 Å². The second-order valence-corrected chi connectivity index (χ2v) is 6.19. The van der Waals surface area contributed by atoms with E-state index in [1.165, 1.54) is 16.0 Å². The lowest BCUT2D eigenvalue weighted by molar-refractivity contribution is 0.384. The van der Waals surface area contributed by atoms with Crippen LogP contribution in [0.2, 0.25) is 0 Å². The fraction of sp³-hybridized carbons (Fsp3) is 0.357. The number of benzene rings is 1. The highest BCUT2D eigenvalue weighted by molar-refractivity contribution is 7.15. The molecule has 1 aromatic carbocycles. The average molecular weight is 259 g/mol. The van der Waals surface area contributed by atoms with E-state index in [0.717, 1.165) is 25.0 Å². The lowest BCUT2D eigenvalue weighted by Gasteiger charge is -2.34. The Morgan fingerprint density at radius 3 is 2.89 bits per heavy atom. The number of fused-ring (bicyclic) bond motifs is 1. The minimum absolute atomic E-state index is 0.267. The van der Waals surface area contributed by atoms with Gasteiger partial charge >= 0.3 is 0 Å². The Kier molecular flexibility index (Phi) is 2.64. The molecule has 94 valence electrons. The number of aryl methyl sites for hydroxylation is 2. The maximum absolute atomic E-state index is 6.64. The van der Waals surface area contributed by atoms with Gasteiger partial charge in [0.15, 0.2) is 5.13 Å². The maximum Gasteiger partial charge on any atom is 0.180 e. The molecule has 1 heterocycles. The standard InChI is InChI=1S/C14H17N3S/c1-9-4-2-3-5-10(9)14(16)7-6-11-12(8-14)18-13(15)17-11/h2-5H,6-8,16H2,1H3,(H2,15,17). The molecule has 0 spiro atoms. The number of nitrogens with zero attached hydrogens (tertiary/aromatic N) is 1. The van der Waals surface area contributed by atoms with E-state index in [1.54, 1.807) is 11.3 Å². The Morgan fingerprint density at radius 1 is 1.33 bits per heavy atom. The van der Waals surface area contributed by atoms with Crippen LogP contribution in [0.15, 0.2) is 24.3 Å². The molecule has 4 N–H and O–H groups in total. The summed E-state index contributed by atoms with van der Waals surface area (Å²) in [5.41, 5.74) is 15.8. The summed E-state index contributed by atoms with van der Waals surface area (Å²) in [6, 6.07) is 8.39. The number of aromatic nitrogens is 1. The first-order chi connectivity index (χ1) is 8.58. The van der Waals surface area contributed by atoms with Crippen LogP contribution in [0.3, 0.4) is 0 Å². The molecule has 0 aliphatic heterocycles. The molecule has 1 unspecified atom stereocenters. The van der Waals surface area contributed by atoms with Crippen LogP contribution in [-0.2, 0) is 18.4 Å². The van der Waals surface area contributed by atoms with Gasteiger partial charge in [-0.15, -0.1) is 11.3 Å². The monoisotopic (exact) mass is 259 g/mol. The first kappa shape index (κ1) is 11.7. The van der Waals surface area contributed by atoms with E-state index < -0.39 is 0 Å². The van der Waals surface area contributed by atoms with Crippen molar-refractivity contribution in [3.63, 3.8) is 0 Å². The van der Waals surface area contributed by atoms with Crippen LogP contribution in [0.25, 0.3) is 0 Å². The summed E-state index contributed by atoms with van der Waals surface area (Å²) < 4.78 is 0. The number of hydrogen-bond donors (Lipinski definition) is 2. The van der Waals surface area contributed by atoms with E-state index >= 15 is 0 Å². The summed E-state index contributed by atoms with van der Waals surface area (Å²) in [5.74, 6) is 0. The van der Waals surface area contributed by atoms with Gasteiger partial charge in [0.25, 0.3) is 0 Å². The van der Waals surface area contributed by atoms with Gasteiger partial charge in [-0.3, -0.25) is 0 Å². The Balaban J connectivity index is 2.01. The third kappa shape index (κ3) is 1.82. The van der Waals surface area contributed by atoms with Gasteiger partial charge in [-0.1, -0.05) is 24.3 Å². The van der Waals surface area contributed by atoms with Crippen molar-refractivity contribution in [1.29, 1.82) is 0 Å². The van der Waals surface area contributed by atoms with E-state index in [1.807, 2.05) is 0 Å². The Morgan fingerprint density at radius 2 is 2.11 bits per heavy atom. The predicted molar refractivity (Wildman–Crippen MR) is 75.6 cm³/mol. The SMILES string of the molecule is Cc1ccccc1C1(N)CCc2nc(N)sc2C1. The van der Waals surface area contributed by atoms with Gasteiger partial charge in [-0.05, 0) is 30.9 Å². The third-order valence-corrected chi connectivity index (χ3v) is 4.69. The highest BCUT2D eigenvalue weighted by Gasteiger charge is 2.34. The molecule has 1 aliphatic carbocycles. The zero-order chi connectivity index (χ0) is 12.8. The molecule has 2 aromatic rings. The lowest BCUT2D eigenvalue weighted by Crippen LogP contribution is -2.42. The number of nitrogens with two attached hydrogens (primary N) is 2. The van der Waals surface area contributed by atoms with Crippen LogP contribution in [0, 0.1) is 6.92 Å². The van der Waals surface area contributed by atoms with Gasteiger partial charge in [0.2, 0.25) is 0 Å². The van der Waals surface area contributed by atoms with E-state index in [4.69, 9.17) is 11.5 Å². The molecular weight excluding hydrogens is 242 g/mol. The third-order valence-electron chi connectivity index (χ3n) is 3.76. The maximum atomic E-state index is 6.64. The molecule has 0 radical (unpaired) electrons. The minimum Gasteiger partial charge on any atom is -0.375 e. The number of rotatable bonds is 1. The van der Waals surface area contributed by atoms with Crippen LogP contribution < -0.4 is 11.5 Å². The van der Waals surface area contributed by atoms with Crippen molar-refractivity contribution >= 4 is 16.5 Å². The number of thiazole rings is 1. The van der Waals surface area contributed by atoms with E-state index in [-0.39, 0.29) is 5.54 Å². The minimum atomic E-state index is -0.267. The Hall–Kier alpha value is -1.39. The van der Waals surface area contributed by atoms with Crippen molar-refractivity contribution in [1.82, 2.24) is 4.98 Å². The normalized spacial score (nSPS) is 22.8. The van der Waals surface area contributed by atoms with Crippen molar-refractivity contribution in [3.05, 3.63) is 46.0 Å². The molecule has 18 heavy (non-hydrogen) atoms. The number of hydrogen-bond acceptors (Lipinski definition) is 4. The fourth-order valence-electron chi connectivity index (χ4n) is 2.81. The number of nitrogen functional groups attached to an aromatic ring is 1. The molecule has 1 atom stereocenters. The Labute approximate surface area is 111 Å². The molecule has 0 saturated carbocycles. The summed E-state index contributed by atoms with van der Waals surface area (Å²) in [6.07, 6.45) is 2.71. The molecule has 0 saturated heterocycles. The predicted octanol–water partition coefficient (Wildman–Crippen LogP) is 2.38. The largest absolute Gasteiger partial charge is 0.375 e. The van der Waals surface area contributed by atoms with Gasteiger partial charge in [0.05, 0.1) is 5.69 Å². The summed E-state index contributed by atoms with van der Waals surface area (Å²) in [7, 11) is 0. The molecule has 1 aromatic heterocycles. The van der Waals surface area contributed by atoms with Crippen molar-refractivity contribution in [2.24, 2.45) is 5.73 Å². The van der Waals surface area contributed by atoms with Crippen LogP contribution in [0.4, 0.5) is 5.13 Å². The second kappa shape index (κ2) is 4.07. The van der Waals surface area contributed by atoms with Crippen LogP contribution in [0.1, 0.15) is 28.1 Å². The van der Waals surface area contributed by atoms with Crippen molar-refractivity contribution in [2.75, 3.05) is 5.73 Å². The summed E-state index contributed by atoms with van der Waals surface area (Å²) in [4.78, 5) is 5.63. The highest BCUT2D eigenvalue weighted by atomic mass is 32.1. The van der Waals surface area contributed by atoms with Crippen molar-refractivity contribution in [2.45, 2.75) is 31.7 Å². The lowest BCUT2D eigenvalue weighted by atomic mass is 9.77. The smallest absolute Gasteiger partial charge is 0.180 e. The van der Waals surface area contributed by atoms with Gasteiger partial charge in [0, 0.05) is 16.8 Å². The Bertz CT molecular complexity index is 590. The zero-order valence-electron chi connectivity index (χ0n) is 10.4. The van der Waals surface area contributed by atoms with Crippen LogP contribution >= 0.6 is 11.3 Å². The molecule has 0 bridgehead atoms. The zero-order valence-corrected chi connectivity index (χ0v) is 11.3. The second-order valence-electron chi connectivity index (χ2n) is 5.07. The highest BCUT2D eigenvalue weighted by Crippen LogP contribution is 2.38. The first-order valence-electron chi connectivity index (χ1n) is 6.17. The molecular formula is C14H17N3S. The van der Waals surface area contributed by atoms with E-state index in [9.17, 15) is 0 Å². The van der Waals surface area contributed by atoms with Crippen LogP contribution in [0.5, 0.6) is 0 Å². The molecule has 3 nitrogen and oxygen atoms in total. The first-order valence-corrected chi connectivity index (χ1v) is 6.99.